The Labute approximate surface area is 111 Å². The van der Waals surface area contributed by atoms with Crippen molar-refractivity contribution in [3.63, 3.8) is 0 Å². The van der Waals surface area contributed by atoms with E-state index in [0.29, 0.717) is 0 Å². The molecule has 0 fully saturated rings. The highest BCUT2D eigenvalue weighted by Gasteiger charge is 2.13. The van der Waals surface area contributed by atoms with Crippen molar-refractivity contribution in [2.45, 2.75) is 17.1 Å². The zero-order valence-electron chi connectivity index (χ0n) is 10.2. The van der Waals surface area contributed by atoms with Gasteiger partial charge in [0.15, 0.2) is 0 Å². The lowest BCUT2D eigenvalue weighted by atomic mass is 10.3. The number of amides is 1. The van der Waals surface area contributed by atoms with Crippen molar-refractivity contribution in [1.29, 1.82) is 0 Å². The van der Waals surface area contributed by atoms with Crippen LogP contribution < -0.4 is 5.32 Å². The van der Waals surface area contributed by atoms with Gasteiger partial charge in [-0.15, -0.1) is 11.8 Å². The number of para-hydroxylation sites is 1. The van der Waals surface area contributed by atoms with Crippen LogP contribution in [-0.4, -0.2) is 11.2 Å². The van der Waals surface area contributed by atoms with Crippen LogP contribution in [0.25, 0.3) is 0 Å². The first-order valence-corrected chi connectivity index (χ1v) is 6.71. The fourth-order valence-corrected chi connectivity index (χ4v) is 2.41. The first-order chi connectivity index (χ1) is 8.75. The molecule has 1 N–H and O–H groups in total. The predicted octanol–water partition coefficient (Wildman–Crippen LogP) is 3.81. The van der Waals surface area contributed by atoms with Crippen molar-refractivity contribution >= 4 is 23.4 Å². The van der Waals surface area contributed by atoms with E-state index in [1.165, 1.54) is 0 Å². The third-order valence-electron chi connectivity index (χ3n) is 2.47. The molecule has 0 saturated carbocycles. The summed E-state index contributed by atoms with van der Waals surface area (Å²) in [5.41, 5.74) is 0.836. The van der Waals surface area contributed by atoms with Gasteiger partial charge in [0.25, 0.3) is 0 Å². The van der Waals surface area contributed by atoms with Gasteiger partial charge in [-0.2, -0.15) is 0 Å². The lowest BCUT2D eigenvalue weighted by molar-refractivity contribution is -0.115. The molecule has 2 aromatic rings. The number of thioether (sulfide) groups is 1. The number of benzene rings is 2. The Balaban J connectivity index is 1.93. The summed E-state index contributed by atoms with van der Waals surface area (Å²) in [6.07, 6.45) is 0. The minimum absolute atomic E-state index is 0.0232. The molecular weight excluding hydrogens is 242 g/mol. The van der Waals surface area contributed by atoms with Gasteiger partial charge in [0.2, 0.25) is 5.91 Å². The number of anilines is 1. The molecule has 0 saturated heterocycles. The highest BCUT2D eigenvalue weighted by atomic mass is 32.2. The van der Waals surface area contributed by atoms with Gasteiger partial charge in [0.05, 0.1) is 5.25 Å². The monoisotopic (exact) mass is 257 g/mol. The molecule has 0 aromatic heterocycles. The van der Waals surface area contributed by atoms with E-state index >= 15 is 0 Å². The summed E-state index contributed by atoms with van der Waals surface area (Å²) in [7, 11) is 0. The molecule has 2 rings (SSSR count). The van der Waals surface area contributed by atoms with Gasteiger partial charge in [-0.3, -0.25) is 4.79 Å². The molecule has 0 spiro atoms. The van der Waals surface area contributed by atoms with Crippen LogP contribution in [0.15, 0.2) is 65.6 Å². The minimum Gasteiger partial charge on any atom is -0.325 e. The Morgan fingerprint density at radius 3 is 2.17 bits per heavy atom. The number of hydrogen-bond donors (Lipinski definition) is 1. The van der Waals surface area contributed by atoms with Crippen LogP contribution in [0.3, 0.4) is 0 Å². The summed E-state index contributed by atoms with van der Waals surface area (Å²) in [6.45, 7) is 1.91. The smallest absolute Gasteiger partial charge is 0.237 e. The summed E-state index contributed by atoms with van der Waals surface area (Å²) in [5.74, 6) is 0.0232. The molecule has 0 aliphatic rings. The maximum Gasteiger partial charge on any atom is 0.237 e. The third-order valence-corrected chi connectivity index (χ3v) is 3.58. The first-order valence-electron chi connectivity index (χ1n) is 5.83. The fourth-order valence-electron chi connectivity index (χ4n) is 1.52. The van der Waals surface area contributed by atoms with Crippen LogP contribution in [0.2, 0.25) is 0 Å². The average molecular weight is 257 g/mol. The van der Waals surface area contributed by atoms with E-state index < -0.39 is 0 Å². The van der Waals surface area contributed by atoms with Crippen LogP contribution >= 0.6 is 11.8 Å². The number of carbonyl (C=O) groups excluding carboxylic acids is 1. The highest BCUT2D eigenvalue weighted by Crippen LogP contribution is 2.23. The lowest BCUT2D eigenvalue weighted by Crippen LogP contribution is -2.22. The van der Waals surface area contributed by atoms with Crippen molar-refractivity contribution in [3.8, 4) is 0 Å². The molecule has 18 heavy (non-hydrogen) atoms. The van der Waals surface area contributed by atoms with Gasteiger partial charge in [-0.1, -0.05) is 36.4 Å². The number of hydrogen-bond acceptors (Lipinski definition) is 2. The maximum absolute atomic E-state index is 12.0. The van der Waals surface area contributed by atoms with Gasteiger partial charge >= 0.3 is 0 Å². The molecule has 0 radical (unpaired) electrons. The molecule has 0 aliphatic carbocycles. The predicted molar refractivity (Wildman–Crippen MR) is 76.8 cm³/mol. The number of rotatable bonds is 4. The van der Waals surface area contributed by atoms with Crippen LogP contribution in [0.1, 0.15) is 6.92 Å². The summed E-state index contributed by atoms with van der Waals surface area (Å²) in [6, 6.07) is 19.5. The van der Waals surface area contributed by atoms with E-state index in [-0.39, 0.29) is 11.2 Å². The van der Waals surface area contributed by atoms with Gasteiger partial charge in [-0.05, 0) is 31.2 Å². The molecular formula is C15H15NOS. The largest absolute Gasteiger partial charge is 0.325 e. The maximum atomic E-state index is 12.0. The number of nitrogens with one attached hydrogen (secondary N) is 1. The molecule has 0 bridgehead atoms. The summed E-state index contributed by atoms with van der Waals surface area (Å²) >= 11 is 1.56. The quantitative estimate of drug-likeness (QED) is 0.844. The van der Waals surface area contributed by atoms with Crippen LogP contribution in [-0.2, 0) is 4.79 Å². The molecule has 2 aromatic carbocycles. The molecule has 92 valence electrons. The minimum atomic E-state index is -0.118. The molecule has 3 heteroatoms. The van der Waals surface area contributed by atoms with Crippen molar-refractivity contribution in [1.82, 2.24) is 0 Å². The second-order valence-corrected chi connectivity index (χ2v) is 5.34. The van der Waals surface area contributed by atoms with E-state index in [1.54, 1.807) is 11.8 Å². The van der Waals surface area contributed by atoms with Gasteiger partial charge in [-0.25, -0.2) is 0 Å². The molecule has 1 amide bonds. The molecule has 0 aliphatic heterocycles. The lowest BCUT2D eigenvalue weighted by Gasteiger charge is -2.11. The first kappa shape index (κ1) is 12.7. The zero-order valence-corrected chi connectivity index (χ0v) is 11.0. The standard InChI is InChI=1S/C15H15NOS/c1-12(18-14-10-6-3-7-11-14)15(17)16-13-8-4-2-5-9-13/h2-12H,1H3,(H,16,17). The van der Waals surface area contributed by atoms with E-state index in [2.05, 4.69) is 5.32 Å². The van der Waals surface area contributed by atoms with E-state index in [4.69, 9.17) is 0 Å². The fraction of sp³-hybridized carbons (Fsp3) is 0.133. The SMILES string of the molecule is CC(Sc1ccccc1)C(=O)Nc1ccccc1. The summed E-state index contributed by atoms with van der Waals surface area (Å²) in [5, 5.41) is 2.78. The Kier molecular flexibility index (Phi) is 4.42. The molecule has 2 nitrogen and oxygen atoms in total. The van der Waals surface area contributed by atoms with Crippen molar-refractivity contribution in [3.05, 3.63) is 60.7 Å². The Morgan fingerprint density at radius 2 is 1.56 bits per heavy atom. The Hall–Kier alpha value is -1.74. The zero-order chi connectivity index (χ0) is 12.8. The molecule has 1 unspecified atom stereocenters. The Bertz CT molecular complexity index is 498. The average Bonchev–Trinajstić information content (AvgIpc) is 2.41. The molecule has 0 heterocycles. The van der Waals surface area contributed by atoms with E-state index in [0.717, 1.165) is 10.6 Å². The van der Waals surface area contributed by atoms with Gasteiger partial charge < -0.3 is 5.32 Å². The van der Waals surface area contributed by atoms with Gasteiger partial charge in [0, 0.05) is 10.6 Å². The van der Waals surface area contributed by atoms with Crippen molar-refractivity contribution in [2.75, 3.05) is 5.32 Å². The van der Waals surface area contributed by atoms with E-state index in [1.807, 2.05) is 67.6 Å². The van der Waals surface area contributed by atoms with Crippen LogP contribution in [0, 0.1) is 0 Å². The number of carbonyl (C=O) groups is 1. The van der Waals surface area contributed by atoms with Crippen molar-refractivity contribution in [2.24, 2.45) is 0 Å². The van der Waals surface area contributed by atoms with Gasteiger partial charge in [0.1, 0.15) is 0 Å². The third kappa shape index (κ3) is 3.64. The highest BCUT2D eigenvalue weighted by molar-refractivity contribution is 8.00. The van der Waals surface area contributed by atoms with Crippen LogP contribution in [0.5, 0.6) is 0 Å². The molecule has 1 atom stereocenters. The van der Waals surface area contributed by atoms with Crippen molar-refractivity contribution < 1.29 is 4.79 Å². The second-order valence-electron chi connectivity index (χ2n) is 3.93. The second kappa shape index (κ2) is 6.26. The summed E-state index contributed by atoms with van der Waals surface area (Å²) in [4.78, 5) is 13.1. The van der Waals surface area contributed by atoms with E-state index in [9.17, 15) is 4.79 Å². The topological polar surface area (TPSA) is 29.1 Å². The van der Waals surface area contributed by atoms with Crippen LogP contribution in [0.4, 0.5) is 5.69 Å². The Morgan fingerprint density at radius 1 is 1.00 bits per heavy atom. The normalized spacial score (nSPS) is 11.8. The summed E-state index contributed by atoms with van der Waals surface area (Å²) < 4.78 is 0.